The molecule has 1 unspecified atom stereocenters. The Labute approximate surface area is 160 Å². The third-order valence-corrected chi connectivity index (χ3v) is 4.78. The van der Waals surface area contributed by atoms with Gasteiger partial charge in [-0.25, -0.2) is 9.97 Å². The Balaban J connectivity index is 2.22. The van der Waals surface area contributed by atoms with Gasteiger partial charge in [-0.2, -0.15) is 26.3 Å². The molecule has 1 aliphatic heterocycles. The van der Waals surface area contributed by atoms with Crippen LogP contribution in [0.3, 0.4) is 0 Å². The van der Waals surface area contributed by atoms with E-state index in [-0.39, 0.29) is 48.0 Å². The van der Waals surface area contributed by atoms with E-state index in [4.69, 9.17) is 11.6 Å². The Bertz CT molecular complexity index is 900. The topological polar surface area (TPSA) is 49.2 Å². The molecule has 1 aromatic heterocycles. The first kappa shape index (κ1) is 20.7. The molecule has 1 N–H and O–H groups in total. The first-order chi connectivity index (χ1) is 12.9. The van der Waals surface area contributed by atoms with Crippen LogP contribution in [0.1, 0.15) is 34.9 Å². The van der Waals surface area contributed by atoms with Crippen molar-refractivity contribution in [3.8, 4) is 0 Å². The second-order valence-corrected chi connectivity index (χ2v) is 6.70. The number of aliphatic hydroxyl groups excluding tert-OH is 1. The smallest absolute Gasteiger partial charge is 0.396 e. The normalized spacial score (nSPS) is 17.6. The number of benzene rings is 1. The van der Waals surface area contributed by atoms with Gasteiger partial charge in [-0.3, -0.25) is 0 Å². The number of hydrogen-bond donors (Lipinski definition) is 1. The zero-order chi connectivity index (χ0) is 20.9. The molecule has 2 heterocycles. The van der Waals surface area contributed by atoms with Gasteiger partial charge in [0.1, 0.15) is 16.8 Å². The third-order valence-electron chi connectivity index (χ3n) is 4.50. The zero-order valence-corrected chi connectivity index (χ0v) is 15.1. The summed E-state index contributed by atoms with van der Waals surface area (Å²) in [5, 5.41) is 9.55. The van der Waals surface area contributed by atoms with Crippen LogP contribution in [0.15, 0.2) is 18.2 Å². The number of rotatable bonds is 2. The number of hydrogen-bond acceptors (Lipinski definition) is 4. The molecule has 4 nitrogen and oxygen atoms in total. The van der Waals surface area contributed by atoms with Crippen molar-refractivity contribution < 1.29 is 31.4 Å². The molecule has 11 heteroatoms. The lowest BCUT2D eigenvalue weighted by molar-refractivity contribution is -0.142. The van der Waals surface area contributed by atoms with Gasteiger partial charge in [-0.15, -0.1) is 0 Å². The van der Waals surface area contributed by atoms with Crippen molar-refractivity contribution in [1.29, 1.82) is 0 Å². The van der Waals surface area contributed by atoms with Crippen LogP contribution in [-0.4, -0.2) is 28.2 Å². The average molecular weight is 426 g/mol. The van der Waals surface area contributed by atoms with E-state index in [0.29, 0.717) is 6.07 Å². The predicted molar refractivity (Wildman–Crippen MR) is 89.7 cm³/mol. The van der Waals surface area contributed by atoms with Gasteiger partial charge in [0.15, 0.2) is 0 Å². The van der Waals surface area contributed by atoms with Crippen molar-refractivity contribution in [2.24, 2.45) is 0 Å². The van der Waals surface area contributed by atoms with E-state index in [1.54, 1.807) is 0 Å². The van der Waals surface area contributed by atoms with Gasteiger partial charge in [-0.1, -0.05) is 11.6 Å². The lowest BCUT2D eigenvalue weighted by atomic mass is 9.93. The van der Waals surface area contributed by atoms with Gasteiger partial charge in [0.25, 0.3) is 0 Å². The maximum absolute atomic E-state index is 13.6. The first-order valence-corrected chi connectivity index (χ1v) is 8.52. The van der Waals surface area contributed by atoms with Crippen molar-refractivity contribution in [1.82, 2.24) is 9.97 Å². The van der Waals surface area contributed by atoms with Crippen LogP contribution in [0, 0.1) is 6.92 Å². The zero-order valence-electron chi connectivity index (χ0n) is 14.4. The number of nitrogens with zero attached hydrogens (tertiary/aromatic N) is 3. The van der Waals surface area contributed by atoms with Crippen molar-refractivity contribution in [2.45, 2.75) is 31.6 Å². The fourth-order valence-corrected chi connectivity index (χ4v) is 3.58. The number of halogens is 7. The predicted octanol–water partition coefficient (Wildman–Crippen LogP) is 5.09. The second kappa shape index (κ2) is 7.07. The molecule has 28 heavy (non-hydrogen) atoms. The van der Waals surface area contributed by atoms with E-state index in [1.807, 2.05) is 0 Å². The molecule has 0 amide bonds. The molecule has 0 saturated carbocycles. The van der Waals surface area contributed by atoms with Crippen LogP contribution in [0.2, 0.25) is 5.15 Å². The highest BCUT2D eigenvalue weighted by atomic mass is 35.5. The maximum atomic E-state index is 13.6. The molecule has 3 rings (SSSR count). The standard InChI is InChI=1S/C17H14ClF6N3O/c1-8-25-14(18)13-9(7-28)4-5-27(15(13)26-8)12-3-2-10(16(19,20)21)6-11(12)17(22,23)24/h2-3,6,9,28H,4-5,7H2,1H3. The van der Waals surface area contributed by atoms with E-state index < -0.39 is 35.1 Å². The molecule has 2 aromatic rings. The summed E-state index contributed by atoms with van der Waals surface area (Å²) in [5.41, 5.74) is -3.02. The molecular formula is C17H14ClF6N3O. The fourth-order valence-electron chi connectivity index (χ4n) is 3.22. The molecule has 0 radical (unpaired) electrons. The molecule has 1 aromatic carbocycles. The summed E-state index contributed by atoms with van der Waals surface area (Å²) in [4.78, 5) is 9.30. The molecule has 0 saturated heterocycles. The minimum absolute atomic E-state index is 0.00767. The van der Waals surface area contributed by atoms with Crippen LogP contribution in [0.25, 0.3) is 0 Å². The highest BCUT2D eigenvalue weighted by molar-refractivity contribution is 6.30. The largest absolute Gasteiger partial charge is 0.418 e. The van der Waals surface area contributed by atoms with Gasteiger partial charge >= 0.3 is 12.4 Å². The average Bonchev–Trinajstić information content (AvgIpc) is 2.58. The van der Waals surface area contributed by atoms with Crippen LogP contribution >= 0.6 is 11.6 Å². The molecule has 152 valence electrons. The van der Waals surface area contributed by atoms with Crippen molar-refractivity contribution in [3.05, 3.63) is 45.9 Å². The van der Waals surface area contributed by atoms with E-state index in [9.17, 15) is 31.4 Å². The molecular weight excluding hydrogens is 412 g/mol. The third kappa shape index (κ3) is 3.75. The van der Waals surface area contributed by atoms with Crippen LogP contribution in [0.5, 0.6) is 0 Å². The van der Waals surface area contributed by atoms with Crippen molar-refractivity contribution in [3.63, 3.8) is 0 Å². The Morgan fingerprint density at radius 3 is 2.39 bits per heavy atom. The van der Waals surface area contributed by atoms with Crippen LogP contribution < -0.4 is 4.90 Å². The van der Waals surface area contributed by atoms with Crippen LogP contribution in [0.4, 0.5) is 37.8 Å². The van der Waals surface area contributed by atoms with E-state index in [2.05, 4.69) is 9.97 Å². The van der Waals surface area contributed by atoms with Crippen LogP contribution in [-0.2, 0) is 12.4 Å². The SMILES string of the molecule is Cc1nc(Cl)c2c(n1)N(c1ccc(C(F)(F)F)cc1C(F)(F)F)CCC2CO. The van der Waals surface area contributed by atoms with Crippen molar-refractivity contribution >= 4 is 23.1 Å². The summed E-state index contributed by atoms with van der Waals surface area (Å²) in [6.45, 7) is 1.19. The van der Waals surface area contributed by atoms with Gasteiger partial charge in [0.05, 0.1) is 23.4 Å². The lowest BCUT2D eigenvalue weighted by Gasteiger charge is -2.35. The maximum Gasteiger partial charge on any atom is 0.418 e. The molecule has 1 atom stereocenters. The minimum Gasteiger partial charge on any atom is -0.396 e. The highest BCUT2D eigenvalue weighted by Crippen LogP contribution is 2.46. The summed E-state index contributed by atoms with van der Waals surface area (Å²) in [6, 6.07) is 1.46. The Hall–Kier alpha value is -2.07. The van der Waals surface area contributed by atoms with Gasteiger partial charge in [0, 0.05) is 18.0 Å². The minimum atomic E-state index is -5.02. The monoisotopic (exact) mass is 425 g/mol. The number of aliphatic hydroxyl groups is 1. The molecule has 0 bridgehead atoms. The van der Waals surface area contributed by atoms with Gasteiger partial charge in [-0.05, 0) is 31.5 Å². The Kier molecular flexibility index (Phi) is 5.22. The number of aromatic nitrogens is 2. The summed E-state index contributed by atoms with van der Waals surface area (Å²) in [6.07, 6.45) is -9.70. The highest BCUT2D eigenvalue weighted by Gasteiger charge is 2.41. The number of alkyl halides is 6. The first-order valence-electron chi connectivity index (χ1n) is 8.14. The van der Waals surface area contributed by atoms with E-state index in [1.165, 1.54) is 11.8 Å². The quantitative estimate of drug-likeness (QED) is 0.537. The summed E-state index contributed by atoms with van der Waals surface area (Å²) in [7, 11) is 0. The fraction of sp³-hybridized carbons (Fsp3) is 0.412. The molecule has 1 aliphatic rings. The summed E-state index contributed by atoms with van der Waals surface area (Å²) >= 11 is 6.13. The Morgan fingerprint density at radius 2 is 1.82 bits per heavy atom. The number of fused-ring (bicyclic) bond motifs is 1. The van der Waals surface area contributed by atoms with Crippen molar-refractivity contribution in [2.75, 3.05) is 18.1 Å². The Morgan fingerprint density at radius 1 is 1.14 bits per heavy atom. The summed E-state index contributed by atoms with van der Waals surface area (Å²) in [5.74, 6) is -0.246. The molecule has 0 spiro atoms. The number of aryl methyl sites for hydroxylation is 1. The van der Waals surface area contributed by atoms with Gasteiger partial charge < -0.3 is 10.0 Å². The lowest BCUT2D eigenvalue weighted by Crippen LogP contribution is -2.32. The molecule has 0 aliphatic carbocycles. The van der Waals surface area contributed by atoms with E-state index in [0.717, 1.165) is 6.07 Å². The summed E-state index contributed by atoms with van der Waals surface area (Å²) < 4.78 is 79.4. The van der Waals surface area contributed by atoms with Gasteiger partial charge in [0.2, 0.25) is 0 Å². The van der Waals surface area contributed by atoms with E-state index >= 15 is 0 Å². The molecule has 0 fully saturated rings. The number of anilines is 2. The second-order valence-electron chi connectivity index (χ2n) is 6.35.